The quantitative estimate of drug-likeness (QED) is 0.803. The fraction of sp³-hybridized carbons (Fsp3) is 0.0909. The van der Waals surface area contributed by atoms with Crippen LogP contribution in [0, 0.1) is 0 Å². The maximum atomic E-state index is 11.2. The summed E-state index contributed by atoms with van der Waals surface area (Å²) in [5, 5.41) is 2.90. The van der Waals surface area contributed by atoms with Gasteiger partial charge >= 0.3 is 5.97 Å². The molecule has 2 aromatic rings. The zero-order valence-electron chi connectivity index (χ0n) is 9.12. The van der Waals surface area contributed by atoms with Crippen LogP contribution in [0.15, 0.2) is 36.8 Å². The van der Waals surface area contributed by atoms with Crippen molar-refractivity contribution in [2.45, 2.75) is 0 Å². The van der Waals surface area contributed by atoms with Gasteiger partial charge < -0.3 is 10.1 Å². The molecule has 0 aliphatic heterocycles. The molecule has 0 atom stereocenters. The van der Waals surface area contributed by atoms with Crippen molar-refractivity contribution >= 4 is 17.7 Å². The Morgan fingerprint density at radius 3 is 2.59 bits per heavy atom. The van der Waals surface area contributed by atoms with Crippen molar-refractivity contribution in [1.29, 1.82) is 0 Å². The number of esters is 1. The molecule has 86 valence electrons. The lowest BCUT2D eigenvalue weighted by Crippen LogP contribution is -2.03. The lowest BCUT2D eigenvalue weighted by molar-refractivity contribution is 0.0600. The predicted molar refractivity (Wildman–Crippen MR) is 60.9 cm³/mol. The summed E-state index contributed by atoms with van der Waals surface area (Å²) < 4.78 is 4.57. The normalized spacial score (nSPS) is 9.71. The van der Waals surface area contributed by atoms with E-state index in [1.165, 1.54) is 13.3 Å². The van der Waals surface area contributed by atoms with Crippen molar-refractivity contribution in [3.05, 3.63) is 42.4 Å². The summed E-state index contributed by atoms with van der Waals surface area (Å²) in [6.07, 6.45) is 4.67. The molecule has 2 heterocycles. The van der Waals surface area contributed by atoms with Crippen molar-refractivity contribution in [1.82, 2.24) is 15.0 Å². The lowest BCUT2D eigenvalue weighted by atomic mass is 10.3. The van der Waals surface area contributed by atoms with Gasteiger partial charge in [-0.1, -0.05) is 0 Å². The van der Waals surface area contributed by atoms with Crippen LogP contribution in [0.3, 0.4) is 0 Å². The van der Waals surface area contributed by atoms with E-state index in [-0.39, 0.29) is 0 Å². The number of anilines is 2. The topological polar surface area (TPSA) is 77.0 Å². The molecule has 0 saturated carbocycles. The molecule has 0 aliphatic rings. The predicted octanol–water partition coefficient (Wildman–Crippen LogP) is 1.40. The molecule has 2 aromatic heterocycles. The van der Waals surface area contributed by atoms with Crippen LogP contribution >= 0.6 is 0 Å². The molecular weight excluding hydrogens is 220 g/mol. The SMILES string of the molecule is COC(=O)c1ccc(Nc2ncccn2)nc1. The van der Waals surface area contributed by atoms with Gasteiger partial charge in [-0.2, -0.15) is 0 Å². The third-order valence-corrected chi connectivity index (χ3v) is 1.99. The monoisotopic (exact) mass is 230 g/mol. The minimum Gasteiger partial charge on any atom is -0.465 e. The minimum absolute atomic E-state index is 0.395. The van der Waals surface area contributed by atoms with Gasteiger partial charge in [-0.15, -0.1) is 0 Å². The first-order chi connectivity index (χ1) is 8.29. The fourth-order valence-corrected chi connectivity index (χ4v) is 1.18. The van der Waals surface area contributed by atoms with Gasteiger partial charge in [0.15, 0.2) is 0 Å². The fourth-order valence-electron chi connectivity index (χ4n) is 1.18. The molecule has 0 radical (unpaired) electrons. The van der Waals surface area contributed by atoms with Gasteiger partial charge in [-0.05, 0) is 18.2 Å². The van der Waals surface area contributed by atoms with Crippen LogP contribution in [0.25, 0.3) is 0 Å². The summed E-state index contributed by atoms with van der Waals surface area (Å²) in [7, 11) is 1.33. The van der Waals surface area contributed by atoms with E-state index in [1.807, 2.05) is 0 Å². The Morgan fingerprint density at radius 2 is 2.00 bits per heavy atom. The second-order valence-corrected chi connectivity index (χ2v) is 3.12. The number of nitrogens with one attached hydrogen (secondary N) is 1. The summed E-state index contributed by atoms with van der Waals surface area (Å²) in [6.45, 7) is 0. The molecule has 1 N–H and O–H groups in total. The number of methoxy groups -OCH3 is 1. The van der Waals surface area contributed by atoms with Crippen molar-refractivity contribution in [3.8, 4) is 0 Å². The van der Waals surface area contributed by atoms with E-state index in [0.717, 1.165) is 0 Å². The second kappa shape index (κ2) is 5.02. The molecular formula is C11H10N4O2. The van der Waals surface area contributed by atoms with Gasteiger partial charge in [-0.25, -0.2) is 19.7 Å². The van der Waals surface area contributed by atoms with Gasteiger partial charge in [0.1, 0.15) is 5.82 Å². The van der Waals surface area contributed by atoms with Crippen LogP contribution < -0.4 is 5.32 Å². The molecule has 6 heteroatoms. The number of hydrogen-bond donors (Lipinski definition) is 1. The third-order valence-electron chi connectivity index (χ3n) is 1.99. The van der Waals surface area contributed by atoms with Crippen LogP contribution in [0.2, 0.25) is 0 Å². The molecule has 6 nitrogen and oxygen atoms in total. The Balaban J connectivity index is 2.11. The first kappa shape index (κ1) is 11.0. The molecule has 0 fully saturated rings. The van der Waals surface area contributed by atoms with Gasteiger partial charge in [0.2, 0.25) is 5.95 Å². The Labute approximate surface area is 97.7 Å². The highest BCUT2D eigenvalue weighted by atomic mass is 16.5. The molecule has 17 heavy (non-hydrogen) atoms. The van der Waals surface area contributed by atoms with E-state index in [9.17, 15) is 4.79 Å². The Morgan fingerprint density at radius 1 is 1.24 bits per heavy atom. The van der Waals surface area contributed by atoms with E-state index >= 15 is 0 Å². The maximum absolute atomic E-state index is 11.2. The van der Waals surface area contributed by atoms with Gasteiger partial charge in [-0.3, -0.25) is 0 Å². The summed E-state index contributed by atoms with van der Waals surface area (Å²) in [5.74, 6) is 0.592. The van der Waals surface area contributed by atoms with Crippen LogP contribution in [-0.2, 0) is 4.74 Å². The minimum atomic E-state index is -0.417. The van der Waals surface area contributed by atoms with Gasteiger partial charge in [0.25, 0.3) is 0 Å². The molecule has 0 bridgehead atoms. The summed E-state index contributed by atoms with van der Waals surface area (Å²) >= 11 is 0. The first-order valence-electron chi connectivity index (χ1n) is 4.88. The molecule has 0 unspecified atom stereocenters. The van der Waals surface area contributed by atoms with E-state index < -0.39 is 5.97 Å². The number of pyridine rings is 1. The smallest absolute Gasteiger partial charge is 0.339 e. The number of aromatic nitrogens is 3. The highest BCUT2D eigenvalue weighted by Gasteiger charge is 2.05. The Bertz CT molecular complexity index is 499. The van der Waals surface area contributed by atoms with E-state index in [4.69, 9.17) is 0 Å². The molecule has 0 aliphatic carbocycles. The summed E-state index contributed by atoms with van der Waals surface area (Å²) in [4.78, 5) is 23.2. The van der Waals surface area contributed by atoms with Crippen LogP contribution in [0.4, 0.5) is 11.8 Å². The molecule has 0 saturated heterocycles. The number of nitrogens with zero attached hydrogens (tertiary/aromatic N) is 3. The standard InChI is InChI=1S/C11H10N4O2/c1-17-10(16)8-3-4-9(14-7-8)15-11-12-5-2-6-13-11/h2-7H,1H3,(H,12,13,14,15). The molecule has 0 aromatic carbocycles. The van der Waals surface area contributed by atoms with E-state index in [0.29, 0.717) is 17.3 Å². The van der Waals surface area contributed by atoms with Crippen molar-refractivity contribution in [3.63, 3.8) is 0 Å². The molecule has 0 amide bonds. The largest absolute Gasteiger partial charge is 0.465 e. The summed E-state index contributed by atoms with van der Waals surface area (Å²) in [6, 6.07) is 4.99. The number of rotatable bonds is 3. The number of carbonyl (C=O) groups excluding carboxylic acids is 1. The average Bonchev–Trinajstić information content (AvgIpc) is 2.40. The highest BCUT2D eigenvalue weighted by Crippen LogP contribution is 2.09. The number of carbonyl (C=O) groups is 1. The summed E-state index contributed by atoms with van der Waals surface area (Å²) in [5.41, 5.74) is 0.395. The number of ether oxygens (including phenoxy) is 1. The van der Waals surface area contributed by atoms with Crippen molar-refractivity contribution in [2.24, 2.45) is 0 Å². The average molecular weight is 230 g/mol. The highest BCUT2D eigenvalue weighted by molar-refractivity contribution is 5.89. The van der Waals surface area contributed by atoms with E-state index in [1.54, 1.807) is 30.6 Å². The Hall–Kier alpha value is -2.50. The van der Waals surface area contributed by atoms with Gasteiger partial charge in [0, 0.05) is 18.6 Å². The van der Waals surface area contributed by atoms with Crippen LogP contribution in [-0.4, -0.2) is 28.0 Å². The first-order valence-corrected chi connectivity index (χ1v) is 4.88. The van der Waals surface area contributed by atoms with Crippen molar-refractivity contribution in [2.75, 3.05) is 12.4 Å². The van der Waals surface area contributed by atoms with E-state index in [2.05, 4.69) is 25.0 Å². The number of hydrogen-bond acceptors (Lipinski definition) is 6. The zero-order chi connectivity index (χ0) is 12.1. The van der Waals surface area contributed by atoms with Crippen molar-refractivity contribution < 1.29 is 9.53 Å². The maximum Gasteiger partial charge on any atom is 0.339 e. The Kier molecular flexibility index (Phi) is 3.25. The van der Waals surface area contributed by atoms with Crippen LogP contribution in [0.5, 0.6) is 0 Å². The van der Waals surface area contributed by atoms with Gasteiger partial charge in [0.05, 0.1) is 12.7 Å². The molecule has 2 rings (SSSR count). The van der Waals surface area contributed by atoms with Crippen LogP contribution in [0.1, 0.15) is 10.4 Å². The third kappa shape index (κ3) is 2.75. The lowest BCUT2D eigenvalue weighted by Gasteiger charge is -2.03. The zero-order valence-corrected chi connectivity index (χ0v) is 9.12. The molecule has 0 spiro atoms. The second-order valence-electron chi connectivity index (χ2n) is 3.12.